The van der Waals surface area contributed by atoms with Crippen LogP contribution in [0.1, 0.15) is 29.7 Å². The molecule has 0 fully saturated rings. The van der Waals surface area contributed by atoms with Crippen molar-refractivity contribution in [3.05, 3.63) is 51.6 Å². The topological polar surface area (TPSA) is 42.4 Å². The smallest absolute Gasteiger partial charge is 0.219 e. The molecule has 0 aliphatic carbocycles. The fourth-order valence-corrected chi connectivity index (χ4v) is 2.01. The summed E-state index contributed by atoms with van der Waals surface area (Å²) in [5, 5.41) is 9.42. The van der Waals surface area contributed by atoms with Gasteiger partial charge in [-0.2, -0.15) is 0 Å². The first-order valence-corrected chi connectivity index (χ1v) is 6.85. The summed E-state index contributed by atoms with van der Waals surface area (Å²) in [5.41, 5.74) is 3.02. The highest BCUT2D eigenvalue weighted by molar-refractivity contribution is 9.10. The zero-order valence-corrected chi connectivity index (χ0v) is 12.7. The van der Waals surface area contributed by atoms with Crippen molar-refractivity contribution in [2.45, 2.75) is 26.9 Å². The maximum atomic E-state index is 9.42. The van der Waals surface area contributed by atoms with E-state index in [4.69, 9.17) is 4.74 Å². The number of aliphatic hydroxyl groups excluding tert-OH is 1. The summed E-state index contributed by atoms with van der Waals surface area (Å²) < 4.78 is 6.81. The second kappa shape index (κ2) is 5.72. The number of aryl methyl sites for hydroxylation is 2. The van der Waals surface area contributed by atoms with Crippen molar-refractivity contribution in [3.63, 3.8) is 0 Å². The van der Waals surface area contributed by atoms with Crippen molar-refractivity contribution in [2.24, 2.45) is 0 Å². The zero-order chi connectivity index (χ0) is 14.0. The van der Waals surface area contributed by atoms with Gasteiger partial charge in [-0.15, -0.1) is 0 Å². The number of aliphatic hydroxyl groups is 1. The van der Waals surface area contributed by atoms with Gasteiger partial charge in [0.05, 0.1) is 6.10 Å². The molecule has 19 heavy (non-hydrogen) atoms. The van der Waals surface area contributed by atoms with Crippen molar-refractivity contribution in [1.82, 2.24) is 4.98 Å². The summed E-state index contributed by atoms with van der Waals surface area (Å²) in [6.07, 6.45) is 1.11. The Bertz CT molecular complexity index is 556. The summed E-state index contributed by atoms with van der Waals surface area (Å²) in [6.45, 7) is 5.75. The molecular weight excluding hydrogens is 306 g/mol. The third kappa shape index (κ3) is 3.33. The number of hydrogen-bond acceptors (Lipinski definition) is 3. The largest absolute Gasteiger partial charge is 0.439 e. The van der Waals surface area contributed by atoms with E-state index < -0.39 is 6.10 Å². The van der Waals surface area contributed by atoms with E-state index in [1.165, 1.54) is 0 Å². The van der Waals surface area contributed by atoms with Gasteiger partial charge in [0, 0.05) is 16.7 Å². The molecule has 1 N–H and O–H groups in total. The van der Waals surface area contributed by atoms with Gasteiger partial charge in [0.1, 0.15) is 5.75 Å². The van der Waals surface area contributed by atoms with E-state index in [2.05, 4.69) is 20.9 Å². The molecule has 2 rings (SSSR count). The minimum absolute atomic E-state index is 0.515. The normalized spacial score (nSPS) is 12.3. The minimum Gasteiger partial charge on any atom is -0.439 e. The van der Waals surface area contributed by atoms with Gasteiger partial charge in [0.15, 0.2) is 0 Å². The fourth-order valence-electron chi connectivity index (χ4n) is 1.79. The highest BCUT2D eigenvalue weighted by Gasteiger charge is 2.06. The van der Waals surface area contributed by atoms with Gasteiger partial charge in [0.2, 0.25) is 5.88 Å². The maximum Gasteiger partial charge on any atom is 0.219 e. The highest BCUT2D eigenvalue weighted by Crippen LogP contribution is 2.29. The van der Waals surface area contributed by atoms with Crippen molar-refractivity contribution >= 4 is 15.9 Å². The maximum absolute atomic E-state index is 9.42. The van der Waals surface area contributed by atoms with Crippen molar-refractivity contribution in [2.75, 3.05) is 0 Å². The lowest BCUT2D eigenvalue weighted by molar-refractivity contribution is 0.198. The average molecular weight is 322 g/mol. The standard InChI is InChI=1S/C15H16BrNO2/c1-9-6-13(7-10(2)15(9)16)19-14-5-4-12(8-17-14)11(3)18/h4-8,11,18H,1-3H3/t11-/m1/s1. The van der Waals surface area contributed by atoms with Crippen molar-refractivity contribution in [3.8, 4) is 11.6 Å². The van der Waals surface area contributed by atoms with Gasteiger partial charge in [-0.25, -0.2) is 4.98 Å². The Balaban J connectivity index is 2.21. The van der Waals surface area contributed by atoms with Gasteiger partial charge in [0.25, 0.3) is 0 Å². The molecule has 4 heteroatoms. The molecule has 0 saturated heterocycles. The number of nitrogens with zero attached hydrogens (tertiary/aromatic N) is 1. The minimum atomic E-state index is -0.515. The van der Waals surface area contributed by atoms with Crippen molar-refractivity contribution < 1.29 is 9.84 Å². The lowest BCUT2D eigenvalue weighted by Crippen LogP contribution is -1.94. The quantitative estimate of drug-likeness (QED) is 0.916. The average Bonchev–Trinajstić information content (AvgIpc) is 2.36. The molecule has 1 heterocycles. The first-order chi connectivity index (χ1) is 8.97. The summed E-state index contributed by atoms with van der Waals surface area (Å²) in [5.74, 6) is 1.28. The van der Waals surface area contributed by atoms with Crippen LogP contribution in [0.4, 0.5) is 0 Å². The van der Waals surface area contributed by atoms with Crippen LogP contribution >= 0.6 is 15.9 Å². The van der Waals surface area contributed by atoms with Crippen LogP contribution in [0.25, 0.3) is 0 Å². The van der Waals surface area contributed by atoms with E-state index >= 15 is 0 Å². The molecular formula is C15H16BrNO2. The Morgan fingerprint density at radius 2 is 1.84 bits per heavy atom. The van der Waals surface area contributed by atoms with Crippen LogP contribution in [-0.2, 0) is 0 Å². The Morgan fingerprint density at radius 3 is 2.32 bits per heavy atom. The van der Waals surface area contributed by atoms with E-state index in [-0.39, 0.29) is 0 Å². The third-order valence-electron chi connectivity index (χ3n) is 2.87. The summed E-state index contributed by atoms with van der Waals surface area (Å²) in [7, 11) is 0. The number of aromatic nitrogens is 1. The molecule has 3 nitrogen and oxygen atoms in total. The van der Waals surface area contributed by atoms with E-state index in [0.717, 1.165) is 26.9 Å². The lowest BCUT2D eigenvalue weighted by Gasteiger charge is -2.10. The number of rotatable bonds is 3. The summed E-state index contributed by atoms with van der Waals surface area (Å²) >= 11 is 3.53. The second-order valence-electron chi connectivity index (χ2n) is 4.58. The Kier molecular flexibility index (Phi) is 4.22. The van der Waals surface area contributed by atoms with E-state index in [0.29, 0.717) is 5.88 Å². The highest BCUT2D eigenvalue weighted by atomic mass is 79.9. The van der Waals surface area contributed by atoms with Gasteiger partial charge >= 0.3 is 0 Å². The number of benzene rings is 1. The molecule has 2 aromatic rings. The monoisotopic (exact) mass is 321 g/mol. The molecule has 0 saturated carbocycles. The van der Waals surface area contributed by atoms with Crippen LogP contribution in [0.3, 0.4) is 0 Å². The van der Waals surface area contributed by atoms with Gasteiger partial charge in [-0.05, 0) is 55.7 Å². The van der Waals surface area contributed by atoms with Gasteiger partial charge in [-0.3, -0.25) is 0 Å². The number of ether oxygens (including phenoxy) is 1. The van der Waals surface area contributed by atoms with Crippen LogP contribution in [0.2, 0.25) is 0 Å². The number of hydrogen-bond donors (Lipinski definition) is 1. The van der Waals surface area contributed by atoms with Crippen LogP contribution in [0.15, 0.2) is 34.9 Å². The Hall–Kier alpha value is -1.39. The number of halogens is 1. The molecule has 0 radical (unpaired) electrons. The molecule has 1 aromatic heterocycles. The number of pyridine rings is 1. The predicted octanol–water partition coefficient (Wildman–Crippen LogP) is 4.31. The van der Waals surface area contributed by atoms with Crippen molar-refractivity contribution in [1.29, 1.82) is 0 Å². The summed E-state index contributed by atoms with van der Waals surface area (Å²) in [4.78, 5) is 4.18. The molecule has 0 aliphatic heterocycles. The molecule has 100 valence electrons. The first kappa shape index (κ1) is 14.0. The molecule has 1 atom stereocenters. The predicted molar refractivity (Wildman–Crippen MR) is 78.6 cm³/mol. The van der Waals surface area contributed by atoms with E-state index in [1.54, 1.807) is 19.2 Å². The van der Waals surface area contributed by atoms with Crippen LogP contribution in [-0.4, -0.2) is 10.1 Å². The van der Waals surface area contributed by atoms with Crippen LogP contribution in [0.5, 0.6) is 11.6 Å². The van der Waals surface area contributed by atoms with Crippen LogP contribution in [0, 0.1) is 13.8 Å². The first-order valence-electron chi connectivity index (χ1n) is 6.06. The molecule has 0 bridgehead atoms. The van der Waals surface area contributed by atoms with Crippen LogP contribution < -0.4 is 4.74 Å². The lowest BCUT2D eigenvalue weighted by atomic mass is 10.1. The van der Waals surface area contributed by atoms with Gasteiger partial charge < -0.3 is 9.84 Å². The molecule has 0 aliphatic rings. The third-order valence-corrected chi connectivity index (χ3v) is 4.12. The van der Waals surface area contributed by atoms with E-state index in [1.807, 2.05) is 32.0 Å². The molecule has 0 amide bonds. The fraction of sp³-hybridized carbons (Fsp3) is 0.267. The summed E-state index contributed by atoms with van der Waals surface area (Å²) in [6, 6.07) is 7.49. The van der Waals surface area contributed by atoms with Gasteiger partial charge in [-0.1, -0.05) is 15.9 Å². The zero-order valence-electron chi connectivity index (χ0n) is 11.1. The molecule has 1 aromatic carbocycles. The Labute approximate surface area is 121 Å². The SMILES string of the molecule is Cc1cc(Oc2ccc([C@@H](C)O)cn2)cc(C)c1Br. The Morgan fingerprint density at radius 1 is 1.21 bits per heavy atom. The molecule has 0 unspecified atom stereocenters. The molecule has 0 spiro atoms. The second-order valence-corrected chi connectivity index (χ2v) is 5.37. The van der Waals surface area contributed by atoms with E-state index in [9.17, 15) is 5.11 Å².